The maximum atomic E-state index is 14.3. The first-order valence-corrected chi connectivity index (χ1v) is 14.9. The lowest BCUT2D eigenvalue weighted by molar-refractivity contribution is -0.147. The second-order valence-electron chi connectivity index (χ2n) is 10.5. The van der Waals surface area contributed by atoms with E-state index in [1.807, 2.05) is 0 Å². The lowest BCUT2D eigenvalue weighted by atomic mass is 9.81. The fourth-order valence-electron chi connectivity index (χ4n) is 4.20. The van der Waals surface area contributed by atoms with Crippen LogP contribution in [-0.4, -0.2) is 47.9 Å². The smallest absolute Gasteiger partial charge is 0.417 e. The fourth-order valence-corrected chi connectivity index (χ4v) is 6.51. The van der Waals surface area contributed by atoms with Crippen molar-refractivity contribution in [1.82, 2.24) is 19.9 Å². The molecule has 9 nitrogen and oxygen atoms in total. The molecule has 1 aliphatic rings. The molecule has 230 valence electrons. The first kappa shape index (κ1) is 31.9. The van der Waals surface area contributed by atoms with E-state index in [2.05, 4.69) is 15.2 Å². The van der Waals surface area contributed by atoms with Crippen molar-refractivity contribution in [3.63, 3.8) is 0 Å². The van der Waals surface area contributed by atoms with Gasteiger partial charge in [-0.15, -0.1) is 21.5 Å². The van der Waals surface area contributed by atoms with Crippen LogP contribution in [0.25, 0.3) is 21.3 Å². The van der Waals surface area contributed by atoms with E-state index in [4.69, 9.17) is 9.15 Å². The van der Waals surface area contributed by atoms with Crippen LogP contribution in [0.1, 0.15) is 57.2 Å². The highest BCUT2D eigenvalue weighted by Crippen LogP contribution is 2.45. The summed E-state index contributed by atoms with van der Waals surface area (Å²) in [4.78, 5) is 14.3. The van der Waals surface area contributed by atoms with Crippen LogP contribution in [0.4, 0.5) is 26.3 Å². The van der Waals surface area contributed by atoms with Gasteiger partial charge in [-0.1, -0.05) is 25.3 Å². The van der Waals surface area contributed by atoms with E-state index in [0.717, 1.165) is 42.7 Å². The summed E-state index contributed by atoms with van der Waals surface area (Å²) in [6.45, 7) is 4.05. The molecule has 0 bridgehead atoms. The number of carbonyl (C=O) groups is 1. The molecule has 1 N–H and O–H groups in total. The van der Waals surface area contributed by atoms with E-state index in [9.17, 15) is 39.6 Å². The lowest BCUT2D eigenvalue weighted by Gasteiger charge is -2.25. The average Bonchev–Trinajstić information content (AvgIpc) is 3.46. The minimum atomic E-state index is -5.06. The van der Waals surface area contributed by atoms with Crippen molar-refractivity contribution >= 4 is 27.8 Å². The molecular formula is C25H26F6N4O5S2. The first-order valence-electron chi connectivity index (χ1n) is 12.6. The third-order valence-corrected chi connectivity index (χ3v) is 9.33. The molecule has 1 aromatic carbocycles. The highest BCUT2D eigenvalue weighted by Gasteiger charge is 2.41. The molecule has 0 radical (unpaired) electrons. The van der Waals surface area contributed by atoms with Gasteiger partial charge in [0.15, 0.2) is 5.01 Å². The summed E-state index contributed by atoms with van der Waals surface area (Å²) in [5.74, 6) is 0.205. The van der Waals surface area contributed by atoms with Gasteiger partial charge in [0.25, 0.3) is 12.4 Å². The Kier molecular flexibility index (Phi) is 8.77. The number of sulfonamides is 1. The summed E-state index contributed by atoms with van der Waals surface area (Å²) in [5.41, 5.74) is -2.39. The third kappa shape index (κ3) is 7.29. The number of alkyl halides is 6. The molecule has 0 unspecified atom stereocenters. The SMILES string of the molecule is C[C@H](NS(=O)(=O)c1ccc(-c2sc(-c3nnc(CC(C)(C)OC=O)o3)nc2CC2CCC2)c(C(F)(F)F)c1)C(F)(F)F. The predicted molar refractivity (Wildman–Crippen MR) is 138 cm³/mol. The van der Waals surface area contributed by atoms with E-state index >= 15 is 0 Å². The van der Waals surface area contributed by atoms with Crippen LogP contribution in [-0.2, 0) is 38.6 Å². The Labute approximate surface area is 240 Å². The van der Waals surface area contributed by atoms with E-state index in [1.165, 1.54) is 4.72 Å². The molecule has 1 aliphatic carbocycles. The second-order valence-corrected chi connectivity index (χ2v) is 13.3. The number of nitrogens with zero attached hydrogens (tertiary/aromatic N) is 3. The van der Waals surface area contributed by atoms with Gasteiger partial charge in [0, 0.05) is 5.56 Å². The molecule has 4 rings (SSSR count). The summed E-state index contributed by atoms with van der Waals surface area (Å²) in [7, 11) is -4.95. The number of halogens is 6. The van der Waals surface area contributed by atoms with Crippen LogP contribution in [0.2, 0.25) is 0 Å². The van der Waals surface area contributed by atoms with Crippen LogP contribution < -0.4 is 4.72 Å². The molecule has 2 heterocycles. The molecule has 0 amide bonds. The fraction of sp³-hybridized carbons (Fsp3) is 0.520. The Morgan fingerprint density at radius 1 is 1.17 bits per heavy atom. The van der Waals surface area contributed by atoms with Crippen molar-refractivity contribution in [2.45, 2.75) is 81.8 Å². The summed E-state index contributed by atoms with van der Waals surface area (Å²) >= 11 is 0.833. The quantitative estimate of drug-likeness (QED) is 0.202. The Morgan fingerprint density at radius 3 is 2.43 bits per heavy atom. The lowest BCUT2D eigenvalue weighted by Crippen LogP contribution is -2.43. The zero-order valence-corrected chi connectivity index (χ0v) is 24.1. The maximum absolute atomic E-state index is 14.3. The van der Waals surface area contributed by atoms with Gasteiger partial charge in [-0.05, 0) is 45.2 Å². The average molecular weight is 641 g/mol. The molecule has 1 atom stereocenters. The number of hydrogen-bond acceptors (Lipinski definition) is 9. The van der Waals surface area contributed by atoms with Crippen molar-refractivity contribution in [1.29, 1.82) is 0 Å². The standard InChI is InChI=1S/C25H26F6N4O5S2/c1-13(24(26,27)28)35-42(37,38)15-7-8-16(17(10-15)25(29,30)31)20-18(9-14-5-4-6-14)32-22(41-20)21-34-33-19(40-21)11-23(2,3)39-12-36/h7-8,10,12-14,35H,4-6,9,11H2,1-3H3/t13-/m0/s1. The Hall–Kier alpha value is -3.05. The number of rotatable bonds is 11. The van der Waals surface area contributed by atoms with Crippen LogP contribution in [0.5, 0.6) is 0 Å². The van der Waals surface area contributed by atoms with Gasteiger partial charge in [-0.2, -0.15) is 31.1 Å². The zero-order chi connectivity index (χ0) is 31.1. The van der Waals surface area contributed by atoms with Gasteiger partial charge >= 0.3 is 12.4 Å². The Morgan fingerprint density at radius 2 is 1.86 bits per heavy atom. The highest BCUT2D eigenvalue weighted by molar-refractivity contribution is 7.89. The molecule has 0 aliphatic heterocycles. The predicted octanol–water partition coefficient (Wildman–Crippen LogP) is 5.94. The molecule has 0 saturated heterocycles. The van der Waals surface area contributed by atoms with Gasteiger partial charge in [0.1, 0.15) is 11.6 Å². The van der Waals surface area contributed by atoms with Crippen molar-refractivity contribution < 1.29 is 48.7 Å². The zero-order valence-electron chi connectivity index (χ0n) is 22.5. The molecule has 1 saturated carbocycles. The molecular weight excluding hydrogens is 614 g/mol. The largest absolute Gasteiger partial charge is 0.461 e. The van der Waals surface area contributed by atoms with Crippen LogP contribution in [0, 0.1) is 5.92 Å². The second kappa shape index (κ2) is 11.6. The van der Waals surface area contributed by atoms with E-state index in [0.29, 0.717) is 25.1 Å². The number of hydrogen-bond donors (Lipinski definition) is 1. The Bertz CT molecular complexity index is 1550. The normalized spacial score (nSPS) is 15.8. The van der Waals surface area contributed by atoms with Gasteiger partial charge in [-0.3, -0.25) is 4.79 Å². The van der Waals surface area contributed by atoms with E-state index < -0.39 is 44.5 Å². The van der Waals surface area contributed by atoms with Crippen molar-refractivity contribution in [3.8, 4) is 21.3 Å². The van der Waals surface area contributed by atoms with Gasteiger partial charge in [0.05, 0.1) is 27.5 Å². The van der Waals surface area contributed by atoms with Crippen LogP contribution >= 0.6 is 11.3 Å². The third-order valence-electron chi connectivity index (χ3n) is 6.67. The molecule has 0 spiro atoms. The van der Waals surface area contributed by atoms with Crippen molar-refractivity contribution in [3.05, 3.63) is 35.3 Å². The number of benzene rings is 1. The van der Waals surface area contributed by atoms with Gasteiger partial charge in [0.2, 0.25) is 15.9 Å². The first-order chi connectivity index (χ1) is 19.4. The van der Waals surface area contributed by atoms with E-state index in [-0.39, 0.29) is 46.0 Å². The molecule has 17 heteroatoms. The van der Waals surface area contributed by atoms with Crippen LogP contribution in [0.15, 0.2) is 27.5 Å². The number of aromatic nitrogens is 3. The Balaban J connectivity index is 1.76. The van der Waals surface area contributed by atoms with Crippen LogP contribution in [0.3, 0.4) is 0 Å². The minimum Gasteiger partial charge on any atom is -0.461 e. The highest BCUT2D eigenvalue weighted by atomic mass is 32.2. The monoisotopic (exact) mass is 640 g/mol. The summed E-state index contributed by atoms with van der Waals surface area (Å²) < 4.78 is 119. The molecule has 1 fully saturated rings. The molecule has 3 aromatic rings. The minimum absolute atomic E-state index is 0.0566. The van der Waals surface area contributed by atoms with E-state index in [1.54, 1.807) is 13.8 Å². The number of ether oxygens (including phenoxy) is 1. The number of thiazole rings is 1. The van der Waals surface area contributed by atoms with Crippen molar-refractivity contribution in [2.75, 3.05) is 0 Å². The van der Waals surface area contributed by atoms with Gasteiger partial charge < -0.3 is 9.15 Å². The topological polar surface area (TPSA) is 124 Å². The molecule has 42 heavy (non-hydrogen) atoms. The summed E-state index contributed by atoms with van der Waals surface area (Å²) in [6.07, 6.45) is -6.93. The van der Waals surface area contributed by atoms with Gasteiger partial charge in [-0.25, -0.2) is 13.4 Å². The summed E-state index contributed by atoms with van der Waals surface area (Å²) in [5, 5.41) is 7.98. The van der Waals surface area contributed by atoms with Crippen molar-refractivity contribution in [2.24, 2.45) is 5.92 Å². The molecule has 2 aromatic heterocycles. The number of nitrogens with one attached hydrogen (secondary N) is 1. The number of carbonyl (C=O) groups excluding carboxylic acids is 1. The summed E-state index contributed by atoms with van der Waals surface area (Å²) in [6, 6.07) is -0.477. The maximum Gasteiger partial charge on any atom is 0.417 e.